The molecule has 1 rings (SSSR count). The van der Waals surface area contributed by atoms with Crippen molar-refractivity contribution in [1.29, 1.82) is 0 Å². The zero-order valence-electron chi connectivity index (χ0n) is 12.5. The SMILES string of the molecule is CCC1=CC(CC)(CC(C=CC(C)O)CC)OC1=O. The molecule has 0 radical (unpaired) electrons. The molecule has 3 unspecified atom stereocenters. The van der Waals surface area contributed by atoms with Gasteiger partial charge in [0, 0.05) is 5.57 Å². The van der Waals surface area contributed by atoms with Crippen molar-refractivity contribution in [1.82, 2.24) is 0 Å². The number of aliphatic hydroxyl groups excluding tert-OH is 1. The summed E-state index contributed by atoms with van der Waals surface area (Å²) >= 11 is 0. The molecule has 1 N–H and O–H groups in total. The number of carbonyl (C=O) groups excluding carboxylic acids is 1. The van der Waals surface area contributed by atoms with E-state index in [4.69, 9.17) is 4.74 Å². The standard InChI is InChI=1S/C16H26O3/c1-5-13(9-8-12(4)17)10-16(7-3)11-14(6-2)15(18)19-16/h8-9,11-13,17H,5-7,10H2,1-4H3. The Labute approximate surface area is 116 Å². The van der Waals surface area contributed by atoms with E-state index >= 15 is 0 Å². The van der Waals surface area contributed by atoms with E-state index in [1.54, 1.807) is 13.0 Å². The van der Waals surface area contributed by atoms with Crippen molar-refractivity contribution < 1.29 is 14.6 Å². The van der Waals surface area contributed by atoms with E-state index in [0.29, 0.717) is 5.92 Å². The van der Waals surface area contributed by atoms with Gasteiger partial charge in [0.25, 0.3) is 0 Å². The summed E-state index contributed by atoms with van der Waals surface area (Å²) in [5.74, 6) is 0.147. The summed E-state index contributed by atoms with van der Waals surface area (Å²) < 4.78 is 5.61. The maximum Gasteiger partial charge on any atom is 0.334 e. The summed E-state index contributed by atoms with van der Waals surface area (Å²) in [5, 5.41) is 9.32. The highest BCUT2D eigenvalue weighted by Crippen LogP contribution is 2.36. The van der Waals surface area contributed by atoms with Crippen LogP contribution in [-0.4, -0.2) is 22.8 Å². The Bertz CT molecular complexity index is 368. The Morgan fingerprint density at radius 3 is 2.47 bits per heavy atom. The van der Waals surface area contributed by atoms with Gasteiger partial charge in [0.15, 0.2) is 0 Å². The first-order chi connectivity index (χ1) is 8.96. The van der Waals surface area contributed by atoms with Gasteiger partial charge in [-0.15, -0.1) is 0 Å². The van der Waals surface area contributed by atoms with Crippen LogP contribution in [-0.2, 0) is 9.53 Å². The Kier molecular flexibility index (Phi) is 5.80. The van der Waals surface area contributed by atoms with Gasteiger partial charge in [-0.3, -0.25) is 0 Å². The first-order valence-corrected chi connectivity index (χ1v) is 7.27. The molecule has 0 spiro atoms. The number of esters is 1. The molecule has 1 aliphatic rings. The van der Waals surface area contributed by atoms with Gasteiger partial charge in [-0.25, -0.2) is 4.79 Å². The fraction of sp³-hybridized carbons (Fsp3) is 0.688. The van der Waals surface area contributed by atoms with Gasteiger partial charge in [-0.05, 0) is 44.6 Å². The summed E-state index contributed by atoms with van der Waals surface area (Å²) in [6, 6.07) is 0. The van der Waals surface area contributed by atoms with Crippen molar-refractivity contribution in [3.05, 3.63) is 23.8 Å². The molecule has 0 aromatic rings. The smallest absolute Gasteiger partial charge is 0.334 e. The van der Waals surface area contributed by atoms with E-state index < -0.39 is 11.7 Å². The van der Waals surface area contributed by atoms with E-state index in [1.165, 1.54) is 0 Å². The number of cyclic esters (lactones) is 1. The van der Waals surface area contributed by atoms with E-state index in [9.17, 15) is 9.90 Å². The lowest BCUT2D eigenvalue weighted by molar-refractivity contribution is -0.147. The second-order valence-electron chi connectivity index (χ2n) is 5.33. The molecule has 108 valence electrons. The molecule has 0 aromatic heterocycles. The molecule has 0 aliphatic carbocycles. The van der Waals surface area contributed by atoms with Gasteiger partial charge in [0.05, 0.1) is 6.10 Å². The number of carbonyl (C=O) groups is 1. The minimum atomic E-state index is -0.452. The molecule has 3 atom stereocenters. The zero-order chi connectivity index (χ0) is 14.5. The predicted octanol–water partition coefficient (Wildman–Crippen LogP) is 3.38. The minimum absolute atomic E-state index is 0.168. The lowest BCUT2D eigenvalue weighted by Crippen LogP contribution is -2.30. The van der Waals surface area contributed by atoms with Crippen LogP contribution in [0, 0.1) is 5.92 Å². The molecule has 1 heterocycles. The average molecular weight is 266 g/mol. The minimum Gasteiger partial charge on any atom is -0.451 e. The molecular weight excluding hydrogens is 240 g/mol. The molecule has 0 fully saturated rings. The van der Waals surface area contributed by atoms with E-state index in [2.05, 4.69) is 6.92 Å². The maximum atomic E-state index is 11.8. The average Bonchev–Trinajstić information content (AvgIpc) is 2.71. The Hall–Kier alpha value is -1.09. The van der Waals surface area contributed by atoms with Crippen LogP contribution in [0.1, 0.15) is 53.4 Å². The van der Waals surface area contributed by atoms with Gasteiger partial charge in [0.2, 0.25) is 0 Å². The monoisotopic (exact) mass is 266 g/mol. The van der Waals surface area contributed by atoms with E-state index in [0.717, 1.165) is 31.3 Å². The second kappa shape index (κ2) is 6.90. The third kappa shape index (κ3) is 4.20. The normalized spacial score (nSPS) is 26.4. The third-order valence-corrected chi connectivity index (χ3v) is 3.77. The molecule has 0 aromatic carbocycles. The Morgan fingerprint density at radius 2 is 2.05 bits per heavy atom. The topological polar surface area (TPSA) is 46.5 Å². The van der Waals surface area contributed by atoms with Crippen LogP contribution >= 0.6 is 0 Å². The summed E-state index contributed by atoms with van der Waals surface area (Å²) in [4.78, 5) is 11.8. The summed E-state index contributed by atoms with van der Waals surface area (Å²) in [5.41, 5.74) is 0.336. The molecule has 0 saturated heterocycles. The van der Waals surface area contributed by atoms with Crippen LogP contribution in [0.5, 0.6) is 0 Å². The van der Waals surface area contributed by atoms with Crippen molar-refractivity contribution in [3.8, 4) is 0 Å². The van der Waals surface area contributed by atoms with Gasteiger partial charge in [0.1, 0.15) is 5.60 Å². The highest BCUT2D eigenvalue weighted by Gasteiger charge is 2.38. The lowest BCUT2D eigenvalue weighted by Gasteiger charge is -2.28. The van der Waals surface area contributed by atoms with Gasteiger partial charge in [-0.2, -0.15) is 0 Å². The van der Waals surface area contributed by atoms with Gasteiger partial charge in [-0.1, -0.05) is 32.9 Å². The quantitative estimate of drug-likeness (QED) is 0.567. The molecule has 3 heteroatoms. The number of allylic oxidation sites excluding steroid dienone is 1. The largest absolute Gasteiger partial charge is 0.451 e. The van der Waals surface area contributed by atoms with Crippen molar-refractivity contribution in [2.24, 2.45) is 5.92 Å². The van der Waals surface area contributed by atoms with Crippen LogP contribution in [0.3, 0.4) is 0 Å². The highest BCUT2D eigenvalue weighted by molar-refractivity contribution is 5.91. The fourth-order valence-electron chi connectivity index (χ4n) is 2.43. The third-order valence-electron chi connectivity index (χ3n) is 3.77. The lowest BCUT2D eigenvalue weighted by atomic mass is 9.86. The van der Waals surface area contributed by atoms with Crippen LogP contribution in [0.25, 0.3) is 0 Å². The molecular formula is C16H26O3. The first kappa shape index (κ1) is 16.0. The number of ether oxygens (including phenoxy) is 1. The Balaban J connectivity index is 2.81. The van der Waals surface area contributed by atoms with Gasteiger partial charge >= 0.3 is 5.97 Å². The molecule has 19 heavy (non-hydrogen) atoms. The van der Waals surface area contributed by atoms with Gasteiger partial charge < -0.3 is 9.84 Å². The summed E-state index contributed by atoms with van der Waals surface area (Å²) in [6.45, 7) is 7.88. The van der Waals surface area contributed by atoms with Crippen LogP contribution in [0.15, 0.2) is 23.8 Å². The van der Waals surface area contributed by atoms with Crippen molar-refractivity contribution in [2.75, 3.05) is 0 Å². The molecule has 0 amide bonds. The van der Waals surface area contributed by atoms with Crippen LogP contribution in [0.2, 0.25) is 0 Å². The number of aliphatic hydroxyl groups is 1. The summed E-state index contributed by atoms with van der Waals surface area (Å²) in [6.07, 6.45) is 8.69. The number of hydrogen-bond acceptors (Lipinski definition) is 3. The molecule has 1 aliphatic heterocycles. The summed E-state index contributed by atoms with van der Waals surface area (Å²) in [7, 11) is 0. The van der Waals surface area contributed by atoms with E-state index in [-0.39, 0.29) is 5.97 Å². The predicted molar refractivity (Wildman–Crippen MR) is 76.7 cm³/mol. The Morgan fingerprint density at radius 1 is 1.37 bits per heavy atom. The molecule has 0 saturated carbocycles. The van der Waals surface area contributed by atoms with Crippen molar-refractivity contribution >= 4 is 5.97 Å². The fourth-order valence-corrected chi connectivity index (χ4v) is 2.43. The van der Waals surface area contributed by atoms with Crippen molar-refractivity contribution in [3.63, 3.8) is 0 Å². The zero-order valence-corrected chi connectivity index (χ0v) is 12.5. The highest BCUT2D eigenvalue weighted by atomic mass is 16.6. The number of hydrogen-bond donors (Lipinski definition) is 1. The molecule has 3 nitrogen and oxygen atoms in total. The van der Waals surface area contributed by atoms with Crippen molar-refractivity contribution in [2.45, 2.75) is 65.1 Å². The second-order valence-corrected chi connectivity index (χ2v) is 5.33. The van der Waals surface area contributed by atoms with E-state index in [1.807, 2.05) is 26.0 Å². The number of rotatable bonds is 7. The maximum absolute atomic E-state index is 11.8. The first-order valence-electron chi connectivity index (χ1n) is 7.27. The van der Waals surface area contributed by atoms with Crippen LogP contribution < -0.4 is 0 Å². The molecule has 0 bridgehead atoms. The van der Waals surface area contributed by atoms with Crippen LogP contribution in [0.4, 0.5) is 0 Å².